The molecule has 0 saturated carbocycles. The Morgan fingerprint density at radius 2 is 1.94 bits per heavy atom. The van der Waals surface area contributed by atoms with E-state index >= 15 is 0 Å². The molecule has 18 heavy (non-hydrogen) atoms. The molecule has 0 amide bonds. The van der Waals surface area contributed by atoms with Gasteiger partial charge in [-0.3, -0.25) is 9.59 Å². The monoisotopic (exact) mass is 269 g/mol. The number of aliphatic carboxylic acids is 2. The van der Waals surface area contributed by atoms with Gasteiger partial charge in [0.15, 0.2) is 0 Å². The Morgan fingerprint density at radius 3 is 2.39 bits per heavy atom. The van der Waals surface area contributed by atoms with E-state index in [9.17, 15) is 9.59 Å². The number of nitriles is 1. The third-order valence-electron chi connectivity index (χ3n) is 1.94. The molecule has 0 saturated heterocycles. The Hall–Kier alpha value is -2.33. The van der Waals surface area contributed by atoms with E-state index in [0.29, 0.717) is 0 Å². The fourth-order valence-corrected chi connectivity index (χ4v) is 1.55. The fourth-order valence-electron chi connectivity index (χ4n) is 1.27. The SMILES string of the molecule is N#Cc1ccnc(N(CC(=O)O)CC(=O)O)c1Cl. The number of hydrogen-bond donors (Lipinski definition) is 2. The lowest BCUT2D eigenvalue weighted by molar-refractivity contribution is -0.136. The summed E-state index contributed by atoms with van der Waals surface area (Å²) in [7, 11) is 0. The third kappa shape index (κ3) is 3.33. The summed E-state index contributed by atoms with van der Waals surface area (Å²) >= 11 is 5.86. The van der Waals surface area contributed by atoms with Gasteiger partial charge in [0.2, 0.25) is 0 Å². The summed E-state index contributed by atoms with van der Waals surface area (Å²) in [6, 6.07) is 3.16. The summed E-state index contributed by atoms with van der Waals surface area (Å²) < 4.78 is 0. The molecule has 1 heterocycles. The number of rotatable bonds is 5. The first-order valence-corrected chi connectivity index (χ1v) is 5.06. The standard InChI is InChI=1S/C10H8ClN3O4/c11-9-6(3-12)1-2-13-10(9)14(4-7(15)16)5-8(17)18/h1-2H,4-5H2,(H,15,16)(H,17,18). The zero-order valence-electron chi connectivity index (χ0n) is 9.00. The number of halogens is 1. The summed E-state index contributed by atoms with van der Waals surface area (Å²) in [4.78, 5) is 26.1. The molecule has 1 rings (SSSR count). The van der Waals surface area contributed by atoms with E-state index < -0.39 is 25.0 Å². The van der Waals surface area contributed by atoms with Crippen LogP contribution >= 0.6 is 11.6 Å². The van der Waals surface area contributed by atoms with Crippen molar-refractivity contribution in [3.63, 3.8) is 0 Å². The summed E-state index contributed by atoms with van der Waals surface area (Å²) in [5.41, 5.74) is 0.0995. The molecular formula is C10H8ClN3O4. The maximum Gasteiger partial charge on any atom is 0.323 e. The molecule has 0 fully saturated rings. The average molecular weight is 270 g/mol. The minimum Gasteiger partial charge on any atom is -0.480 e. The zero-order valence-corrected chi connectivity index (χ0v) is 9.76. The molecule has 0 radical (unpaired) electrons. The van der Waals surface area contributed by atoms with Crippen molar-refractivity contribution in [3.8, 4) is 6.07 Å². The molecule has 0 aliphatic rings. The zero-order chi connectivity index (χ0) is 13.7. The first kappa shape index (κ1) is 13.7. The molecular weight excluding hydrogens is 262 g/mol. The van der Waals surface area contributed by atoms with Crippen molar-refractivity contribution in [2.75, 3.05) is 18.0 Å². The summed E-state index contributed by atoms with van der Waals surface area (Å²) in [5, 5.41) is 26.1. The van der Waals surface area contributed by atoms with Crippen molar-refractivity contribution >= 4 is 29.4 Å². The highest BCUT2D eigenvalue weighted by Crippen LogP contribution is 2.26. The topological polar surface area (TPSA) is 115 Å². The highest BCUT2D eigenvalue weighted by atomic mass is 35.5. The van der Waals surface area contributed by atoms with Crippen LogP contribution in [-0.2, 0) is 9.59 Å². The van der Waals surface area contributed by atoms with Crippen molar-refractivity contribution in [1.29, 1.82) is 5.26 Å². The molecule has 1 aromatic heterocycles. The van der Waals surface area contributed by atoms with Gasteiger partial charge in [-0.15, -0.1) is 0 Å². The Kier molecular flexibility index (Phi) is 4.45. The van der Waals surface area contributed by atoms with Gasteiger partial charge in [0, 0.05) is 6.20 Å². The molecule has 0 unspecified atom stereocenters. The van der Waals surface area contributed by atoms with Gasteiger partial charge >= 0.3 is 11.9 Å². The number of carbonyl (C=O) groups is 2. The van der Waals surface area contributed by atoms with Crippen LogP contribution in [0.4, 0.5) is 5.82 Å². The summed E-state index contributed by atoms with van der Waals surface area (Å²) in [5.74, 6) is -2.49. The molecule has 0 spiro atoms. The third-order valence-corrected chi connectivity index (χ3v) is 2.32. The van der Waals surface area contributed by atoms with E-state index in [-0.39, 0.29) is 16.4 Å². The first-order valence-electron chi connectivity index (χ1n) is 4.69. The van der Waals surface area contributed by atoms with Gasteiger partial charge < -0.3 is 15.1 Å². The van der Waals surface area contributed by atoms with Crippen LogP contribution in [0.2, 0.25) is 5.02 Å². The molecule has 0 aliphatic carbocycles. The molecule has 0 aromatic carbocycles. The largest absolute Gasteiger partial charge is 0.480 e. The van der Waals surface area contributed by atoms with Gasteiger partial charge in [0.05, 0.1) is 5.56 Å². The Labute approximate surface area is 107 Å². The van der Waals surface area contributed by atoms with Gasteiger partial charge in [0.25, 0.3) is 0 Å². The molecule has 8 heteroatoms. The second kappa shape index (κ2) is 5.84. The minimum absolute atomic E-state index is 0.0412. The van der Waals surface area contributed by atoms with Gasteiger partial charge in [-0.2, -0.15) is 5.26 Å². The van der Waals surface area contributed by atoms with Crippen LogP contribution in [0.1, 0.15) is 5.56 Å². The summed E-state index contributed by atoms with van der Waals surface area (Å²) in [6.07, 6.45) is 1.26. The van der Waals surface area contributed by atoms with Crippen LogP contribution < -0.4 is 4.90 Å². The number of carboxylic acid groups (broad SMARTS) is 2. The van der Waals surface area contributed by atoms with E-state index in [2.05, 4.69) is 4.98 Å². The van der Waals surface area contributed by atoms with Crippen LogP contribution in [0.15, 0.2) is 12.3 Å². The molecule has 7 nitrogen and oxygen atoms in total. The van der Waals surface area contributed by atoms with Crippen LogP contribution in [-0.4, -0.2) is 40.2 Å². The van der Waals surface area contributed by atoms with E-state index in [1.807, 2.05) is 0 Å². The fraction of sp³-hybridized carbons (Fsp3) is 0.200. The van der Waals surface area contributed by atoms with E-state index in [0.717, 1.165) is 4.90 Å². The van der Waals surface area contributed by atoms with Gasteiger partial charge in [-0.05, 0) is 6.07 Å². The first-order chi connectivity index (χ1) is 8.45. The molecule has 0 atom stereocenters. The van der Waals surface area contributed by atoms with E-state index in [1.165, 1.54) is 12.3 Å². The number of nitrogens with zero attached hydrogens (tertiary/aromatic N) is 3. The smallest absolute Gasteiger partial charge is 0.323 e. The molecule has 94 valence electrons. The lowest BCUT2D eigenvalue weighted by Gasteiger charge is -2.20. The lowest BCUT2D eigenvalue weighted by atomic mass is 10.2. The second-order valence-corrected chi connectivity index (χ2v) is 3.63. The number of aromatic nitrogens is 1. The Balaban J connectivity index is 3.16. The number of pyridine rings is 1. The second-order valence-electron chi connectivity index (χ2n) is 3.25. The summed E-state index contributed by atoms with van der Waals surface area (Å²) in [6.45, 7) is -1.15. The maximum atomic E-state index is 10.7. The van der Waals surface area contributed by atoms with E-state index in [1.54, 1.807) is 6.07 Å². The average Bonchev–Trinajstić information content (AvgIpc) is 2.27. The highest BCUT2D eigenvalue weighted by molar-refractivity contribution is 6.34. The predicted molar refractivity (Wildman–Crippen MR) is 61.4 cm³/mol. The predicted octanol–water partition coefficient (Wildman–Crippen LogP) is 0.582. The number of hydrogen-bond acceptors (Lipinski definition) is 5. The molecule has 2 N–H and O–H groups in total. The molecule has 0 bridgehead atoms. The number of anilines is 1. The molecule has 0 aliphatic heterocycles. The van der Waals surface area contributed by atoms with Crippen LogP contribution in [0, 0.1) is 11.3 Å². The van der Waals surface area contributed by atoms with Gasteiger partial charge in [-0.1, -0.05) is 11.6 Å². The van der Waals surface area contributed by atoms with Crippen LogP contribution in [0.3, 0.4) is 0 Å². The highest BCUT2D eigenvalue weighted by Gasteiger charge is 2.19. The van der Waals surface area contributed by atoms with Crippen LogP contribution in [0.25, 0.3) is 0 Å². The number of carboxylic acids is 2. The lowest BCUT2D eigenvalue weighted by Crippen LogP contribution is -2.35. The van der Waals surface area contributed by atoms with Gasteiger partial charge in [-0.25, -0.2) is 4.98 Å². The van der Waals surface area contributed by atoms with E-state index in [4.69, 9.17) is 27.1 Å². The quantitative estimate of drug-likeness (QED) is 0.803. The van der Waals surface area contributed by atoms with Crippen molar-refractivity contribution in [1.82, 2.24) is 4.98 Å². The van der Waals surface area contributed by atoms with Crippen molar-refractivity contribution < 1.29 is 19.8 Å². The van der Waals surface area contributed by atoms with Crippen molar-refractivity contribution in [3.05, 3.63) is 22.8 Å². The van der Waals surface area contributed by atoms with Gasteiger partial charge in [0.1, 0.15) is 30.0 Å². The molecule has 1 aromatic rings. The Bertz CT molecular complexity index is 510. The minimum atomic E-state index is -1.23. The van der Waals surface area contributed by atoms with Crippen molar-refractivity contribution in [2.45, 2.75) is 0 Å². The Morgan fingerprint density at radius 1 is 1.39 bits per heavy atom. The maximum absolute atomic E-state index is 10.7. The van der Waals surface area contributed by atoms with Crippen molar-refractivity contribution in [2.24, 2.45) is 0 Å². The van der Waals surface area contributed by atoms with Crippen LogP contribution in [0.5, 0.6) is 0 Å². The normalized spacial score (nSPS) is 9.56.